The Bertz CT molecular complexity index is 424. The van der Waals surface area contributed by atoms with Gasteiger partial charge < -0.3 is 10.7 Å². The van der Waals surface area contributed by atoms with Crippen LogP contribution in [0.15, 0.2) is 12.1 Å². The Labute approximate surface area is 99.1 Å². The van der Waals surface area contributed by atoms with Gasteiger partial charge in [0.15, 0.2) is 0 Å². The highest BCUT2D eigenvalue weighted by molar-refractivity contribution is 6.33. The van der Waals surface area contributed by atoms with Gasteiger partial charge in [-0.2, -0.15) is 13.2 Å². The first-order valence-electron chi connectivity index (χ1n) is 4.31. The van der Waals surface area contributed by atoms with Gasteiger partial charge in [0, 0.05) is 0 Å². The number of hydrogen-bond donors (Lipinski definition) is 3. The van der Waals surface area contributed by atoms with Crippen LogP contribution in [-0.4, -0.2) is 23.6 Å². The Morgan fingerprint density at radius 1 is 1.47 bits per heavy atom. The minimum Gasteiger partial charge on any atom is -0.342 e. The third-order valence-corrected chi connectivity index (χ3v) is 1.96. The Hall–Kier alpha value is -1.54. The highest BCUT2D eigenvalue weighted by atomic mass is 35.5. The van der Waals surface area contributed by atoms with Crippen LogP contribution in [-0.2, 0) is 0 Å². The average molecular weight is 269 g/mol. The van der Waals surface area contributed by atoms with Gasteiger partial charge in [0.05, 0.1) is 5.02 Å². The van der Waals surface area contributed by atoms with E-state index < -0.39 is 18.6 Å². The number of halogens is 4. The first-order valence-corrected chi connectivity index (χ1v) is 4.69. The van der Waals surface area contributed by atoms with Crippen LogP contribution >= 0.6 is 11.6 Å². The van der Waals surface area contributed by atoms with Crippen molar-refractivity contribution in [2.24, 2.45) is 5.84 Å². The van der Waals surface area contributed by atoms with Crippen molar-refractivity contribution in [3.8, 4) is 0 Å². The number of nitrogens with two attached hydrogens (primary N) is 1. The fourth-order valence-corrected chi connectivity index (χ4v) is 1.14. The number of carbonyl (C=O) groups excluding carboxylic acids is 1. The molecule has 0 aliphatic rings. The van der Waals surface area contributed by atoms with Crippen LogP contribution in [0.3, 0.4) is 0 Å². The van der Waals surface area contributed by atoms with Crippen LogP contribution < -0.4 is 16.6 Å². The summed E-state index contributed by atoms with van der Waals surface area (Å²) >= 11 is 5.62. The molecule has 1 aromatic rings. The highest BCUT2D eigenvalue weighted by Gasteiger charge is 2.28. The predicted octanol–water partition coefficient (Wildman–Crippen LogP) is 1.31. The van der Waals surface area contributed by atoms with E-state index in [1.165, 1.54) is 12.1 Å². The van der Waals surface area contributed by atoms with Gasteiger partial charge in [-0.25, -0.2) is 10.8 Å². The van der Waals surface area contributed by atoms with E-state index in [-0.39, 0.29) is 16.5 Å². The number of pyridine rings is 1. The maximum atomic E-state index is 11.9. The maximum absolute atomic E-state index is 11.9. The average Bonchev–Trinajstić information content (AvgIpc) is 2.25. The molecule has 0 aromatic carbocycles. The molecule has 1 rings (SSSR count). The molecule has 1 amide bonds. The molecule has 0 spiro atoms. The van der Waals surface area contributed by atoms with Gasteiger partial charge in [-0.3, -0.25) is 4.79 Å². The molecule has 0 unspecified atom stereocenters. The normalized spacial score (nSPS) is 11.1. The minimum atomic E-state index is -4.49. The monoisotopic (exact) mass is 268 g/mol. The molecule has 0 fully saturated rings. The van der Waals surface area contributed by atoms with Gasteiger partial charge in [0.1, 0.15) is 18.1 Å². The number of carbonyl (C=O) groups is 1. The summed E-state index contributed by atoms with van der Waals surface area (Å²) in [5, 5.41) is 1.59. The van der Waals surface area contributed by atoms with Crippen molar-refractivity contribution >= 4 is 23.3 Å². The third kappa shape index (κ3) is 4.08. The second kappa shape index (κ2) is 5.19. The van der Waals surface area contributed by atoms with Crippen molar-refractivity contribution in [1.29, 1.82) is 0 Å². The molecular weight excluding hydrogens is 261 g/mol. The van der Waals surface area contributed by atoms with E-state index in [0.717, 1.165) is 0 Å². The summed E-state index contributed by atoms with van der Waals surface area (Å²) in [6, 6.07) is 2.68. The molecule has 94 valence electrons. The third-order valence-electron chi connectivity index (χ3n) is 1.66. The summed E-state index contributed by atoms with van der Waals surface area (Å²) in [7, 11) is 0. The van der Waals surface area contributed by atoms with E-state index in [1.54, 1.807) is 5.32 Å². The highest BCUT2D eigenvalue weighted by Crippen LogP contribution is 2.17. The van der Waals surface area contributed by atoms with Crippen LogP contribution in [0.25, 0.3) is 0 Å². The van der Waals surface area contributed by atoms with Gasteiger partial charge in [-0.1, -0.05) is 11.6 Å². The molecule has 0 aliphatic heterocycles. The van der Waals surface area contributed by atoms with E-state index in [0.29, 0.717) is 0 Å². The lowest BCUT2D eigenvalue weighted by molar-refractivity contribution is -0.123. The van der Waals surface area contributed by atoms with E-state index in [1.807, 2.05) is 0 Å². The molecule has 9 heteroatoms. The Morgan fingerprint density at radius 3 is 2.65 bits per heavy atom. The molecule has 4 N–H and O–H groups in total. The van der Waals surface area contributed by atoms with Crippen LogP contribution in [0.5, 0.6) is 0 Å². The number of anilines is 1. The van der Waals surface area contributed by atoms with Crippen molar-refractivity contribution in [3.05, 3.63) is 22.8 Å². The zero-order valence-corrected chi connectivity index (χ0v) is 9.06. The molecule has 5 nitrogen and oxygen atoms in total. The lowest BCUT2D eigenvalue weighted by Crippen LogP contribution is -2.34. The van der Waals surface area contributed by atoms with Crippen molar-refractivity contribution in [3.63, 3.8) is 0 Å². The number of hydrazine groups is 1. The number of nitrogens with zero attached hydrogens (tertiary/aromatic N) is 1. The van der Waals surface area contributed by atoms with Gasteiger partial charge in [-0.05, 0) is 12.1 Å². The van der Waals surface area contributed by atoms with Crippen LogP contribution in [0.1, 0.15) is 10.5 Å². The van der Waals surface area contributed by atoms with Crippen molar-refractivity contribution < 1.29 is 18.0 Å². The fourth-order valence-electron chi connectivity index (χ4n) is 0.946. The van der Waals surface area contributed by atoms with Gasteiger partial charge >= 0.3 is 6.18 Å². The zero-order valence-electron chi connectivity index (χ0n) is 8.31. The predicted molar refractivity (Wildman–Crippen MR) is 55.4 cm³/mol. The zero-order chi connectivity index (χ0) is 13.1. The van der Waals surface area contributed by atoms with Crippen molar-refractivity contribution in [2.45, 2.75) is 6.18 Å². The summed E-state index contributed by atoms with van der Waals surface area (Å²) in [5.41, 5.74) is 1.82. The standard InChI is InChI=1S/C8H8ClF3N4O/c9-4-1-2-5(16-13)15-6(4)7(17)14-3-8(10,11)12/h1-2H,3,13H2,(H,14,17)(H,15,16). The number of alkyl halides is 3. The molecule has 0 radical (unpaired) electrons. The van der Waals surface area contributed by atoms with E-state index in [4.69, 9.17) is 17.4 Å². The van der Waals surface area contributed by atoms with E-state index in [9.17, 15) is 18.0 Å². The second-order valence-electron chi connectivity index (χ2n) is 2.97. The first kappa shape index (κ1) is 13.5. The minimum absolute atomic E-state index is 0.0660. The quantitative estimate of drug-likeness (QED) is 0.570. The number of hydrogen-bond acceptors (Lipinski definition) is 4. The van der Waals surface area contributed by atoms with Crippen LogP contribution in [0, 0.1) is 0 Å². The summed E-state index contributed by atoms with van der Waals surface area (Å²) in [5.74, 6) is 4.14. The largest absolute Gasteiger partial charge is 0.405 e. The number of nitrogen functional groups attached to an aromatic ring is 1. The first-order chi connectivity index (χ1) is 7.83. The second-order valence-corrected chi connectivity index (χ2v) is 3.38. The van der Waals surface area contributed by atoms with Crippen molar-refractivity contribution in [1.82, 2.24) is 10.3 Å². The molecule has 0 aliphatic carbocycles. The van der Waals surface area contributed by atoms with Crippen LogP contribution in [0.2, 0.25) is 5.02 Å². The summed E-state index contributed by atoms with van der Waals surface area (Å²) in [4.78, 5) is 15.0. The van der Waals surface area contributed by atoms with Gasteiger partial charge in [0.2, 0.25) is 0 Å². The summed E-state index contributed by atoms with van der Waals surface area (Å²) in [6.07, 6.45) is -4.49. The molecule has 0 bridgehead atoms. The Kier molecular flexibility index (Phi) is 4.13. The number of amides is 1. The van der Waals surface area contributed by atoms with Gasteiger partial charge in [-0.15, -0.1) is 0 Å². The SMILES string of the molecule is NNc1ccc(Cl)c(C(=O)NCC(F)(F)F)n1. The smallest absolute Gasteiger partial charge is 0.342 e. The summed E-state index contributed by atoms with van der Waals surface area (Å²) < 4.78 is 35.6. The number of nitrogens with one attached hydrogen (secondary N) is 2. The molecule has 0 saturated heterocycles. The maximum Gasteiger partial charge on any atom is 0.405 e. The van der Waals surface area contributed by atoms with Crippen LogP contribution in [0.4, 0.5) is 19.0 Å². The molecule has 17 heavy (non-hydrogen) atoms. The topological polar surface area (TPSA) is 80.0 Å². The molecule has 1 aromatic heterocycles. The van der Waals surface area contributed by atoms with E-state index in [2.05, 4.69) is 10.4 Å². The molecule has 0 saturated carbocycles. The van der Waals surface area contributed by atoms with Gasteiger partial charge in [0.25, 0.3) is 5.91 Å². The number of aromatic nitrogens is 1. The Balaban J connectivity index is 2.81. The molecular formula is C8H8ClF3N4O. The van der Waals surface area contributed by atoms with E-state index >= 15 is 0 Å². The summed E-state index contributed by atoms with van der Waals surface area (Å²) in [6.45, 7) is -1.45. The van der Waals surface area contributed by atoms with Crippen molar-refractivity contribution in [2.75, 3.05) is 12.0 Å². The lowest BCUT2D eigenvalue weighted by Gasteiger charge is -2.09. The molecule has 1 heterocycles. The fraction of sp³-hybridized carbons (Fsp3) is 0.250. The lowest BCUT2D eigenvalue weighted by atomic mass is 10.3. The Morgan fingerprint density at radius 2 is 2.12 bits per heavy atom. The molecule has 0 atom stereocenters. The number of rotatable bonds is 3.